The zero-order valence-electron chi connectivity index (χ0n) is 13.2. The molecule has 2 amide bonds. The molecule has 1 heterocycles. The van der Waals surface area contributed by atoms with Crippen LogP contribution in [0.25, 0.3) is 0 Å². The number of nitrogens with zero attached hydrogens (tertiary/aromatic N) is 2. The highest BCUT2D eigenvalue weighted by atomic mass is 16.2. The number of nitrogens with one attached hydrogen (secondary N) is 2. The minimum absolute atomic E-state index is 0.0837. The number of carbonyl (C=O) groups excluding carboxylic acids is 1. The Morgan fingerprint density at radius 2 is 2.30 bits per heavy atom. The lowest BCUT2D eigenvalue weighted by Gasteiger charge is -2.45. The van der Waals surface area contributed by atoms with Crippen molar-refractivity contribution in [1.82, 2.24) is 20.4 Å². The second-order valence-electron chi connectivity index (χ2n) is 6.72. The molecule has 2 atom stereocenters. The van der Waals surface area contributed by atoms with Crippen LogP contribution < -0.4 is 10.6 Å². The summed E-state index contributed by atoms with van der Waals surface area (Å²) in [5.41, 5.74) is 0.297. The summed E-state index contributed by atoms with van der Waals surface area (Å²) in [5, 5.41) is 6.42. The summed E-state index contributed by atoms with van der Waals surface area (Å²) >= 11 is 0. The summed E-state index contributed by atoms with van der Waals surface area (Å²) < 4.78 is 0. The average molecular weight is 282 g/mol. The first kappa shape index (κ1) is 15.6. The fraction of sp³-hybridized carbons (Fsp3) is 0.933. The van der Waals surface area contributed by atoms with E-state index in [2.05, 4.69) is 36.6 Å². The number of hydrogen-bond acceptors (Lipinski definition) is 3. The van der Waals surface area contributed by atoms with Crippen molar-refractivity contribution in [3.63, 3.8) is 0 Å². The van der Waals surface area contributed by atoms with E-state index in [0.29, 0.717) is 5.54 Å². The fourth-order valence-corrected chi connectivity index (χ4v) is 3.62. The summed E-state index contributed by atoms with van der Waals surface area (Å²) in [7, 11) is 4.40. The fourth-order valence-electron chi connectivity index (χ4n) is 3.62. The molecule has 0 aromatic carbocycles. The van der Waals surface area contributed by atoms with Crippen molar-refractivity contribution < 1.29 is 4.79 Å². The SMILES string of the molecule is CC1CCCC(CNCCN2CCNC2=O)(N(C)C)C1. The second kappa shape index (κ2) is 6.76. The normalized spacial score (nSPS) is 30.9. The van der Waals surface area contributed by atoms with Crippen molar-refractivity contribution in [2.45, 2.75) is 38.1 Å². The molecule has 0 bridgehead atoms. The number of likely N-dealkylation sites (N-methyl/N-ethyl adjacent to an activating group) is 1. The molecule has 1 aliphatic carbocycles. The summed E-state index contributed by atoms with van der Waals surface area (Å²) in [4.78, 5) is 15.8. The number of hydrogen-bond donors (Lipinski definition) is 2. The van der Waals surface area contributed by atoms with Crippen LogP contribution in [0.3, 0.4) is 0 Å². The zero-order valence-corrected chi connectivity index (χ0v) is 13.2. The zero-order chi connectivity index (χ0) is 14.6. The first-order valence-corrected chi connectivity index (χ1v) is 7.94. The third-order valence-corrected chi connectivity index (χ3v) is 4.97. The van der Waals surface area contributed by atoms with E-state index in [1.807, 2.05) is 4.90 Å². The highest BCUT2D eigenvalue weighted by molar-refractivity contribution is 5.76. The molecule has 5 nitrogen and oxygen atoms in total. The Labute approximate surface area is 123 Å². The molecule has 0 spiro atoms. The molecular weight excluding hydrogens is 252 g/mol. The van der Waals surface area contributed by atoms with Gasteiger partial charge in [-0.1, -0.05) is 19.8 Å². The Morgan fingerprint density at radius 1 is 1.50 bits per heavy atom. The van der Waals surface area contributed by atoms with E-state index in [-0.39, 0.29) is 6.03 Å². The molecular formula is C15H30N4O. The van der Waals surface area contributed by atoms with Gasteiger partial charge in [-0.05, 0) is 32.9 Å². The Hall–Kier alpha value is -0.810. The molecule has 2 unspecified atom stereocenters. The summed E-state index contributed by atoms with van der Waals surface area (Å²) in [6.45, 7) is 6.72. The van der Waals surface area contributed by atoms with Crippen molar-refractivity contribution in [2.24, 2.45) is 5.92 Å². The lowest BCUT2D eigenvalue weighted by atomic mass is 9.75. The molecule has 5 heteroatoms. The molecule has 2 rings (SSSR count). The lowest BCUT2D eigenvalue weighted by Crippen LogP contribution is -2.54. The van der Waals surface area contributed by atoms with Crippen molar-refractivity contribution in [2.75, 3.05) is 46.8 Å². The van der Waals surface area contributed by atoms with E-state index in [4.69, 9.17) is 0 Å². The molecule has 1 saturated carbocycles. The van der Waals surface area contributed by atoms with E-state index >= 15 is 0 Å². The topological polar surface area (TPSA) is 47.6 Å². The maximum atomic E-state index is 11.5. The third-order valence-electron chi connectivity index (χ3n) is 4.97. The van der Waals surface area contributed by atoms with Crippen LogP contribution in [0.1, 0.15) is 32.6 Å². The summed E-state index contributed by atoms with van der Waals surface area (Å²) in [5.74, 6) is 0.817. The van der Waals surface area contributed by atoms with Crippen LogP contribution in [0.15, 0.2) is 0 Å². The molecule has 0 aromatic rings. The van der Waals surface area contributed by atoms with Gasteiger partial charge in [0.25, 0.3) is 0 Å². The Kier molecular flexibility index (Phi) is 5.27. The van der Waals surface area contributed by atoms with E-state index < -0.39 is 0 Å². The van der Waals surface area contributed by atoms with Crippen LogP contribution in [0, 0.1) is 5.92 Å². The average Bonchev–Trinajstić information content (AvgIpc) is 2.80. The van der Waals surface area contributed by atoms with Crippen molar-refractivity contribution >= 4 is 6.03 Å². The van der Waals surface area contributed by atoms with Gasteiger partial charge in [0.2, 0.25) is 0 Å². The standard InChI is InChI=1S/C15H30N4O/c1-13-5-4-6-15(11-13,18(2)3)12-16-7-9-19-10-8-17-14(19)20/h13,16H,4-12H2,1-3H3,(H,17,20). The highest BCUT2D eigenvalue weighted by Gasteiger charge is 2.36. The van der Waals surface area contributed by atoms with E-state index in [1.165, 1.54) is 25.7 Å². The van der Waals surface area contributed by atoms with E-state index in [0.717, 1.165) is 38.6 Å². The molecule has 2 aliphatic rings. The Balaban J connectivity index is 1.76. The van der Waals surface area contributed by atoms with Crippen LogP contribution in [-0.4, -0.2) is 68.2 Å². The van der Waals surface area contributed by atoms with Gasteiger partial charge in [-0.3, -0.25) is 0 Å². The summed E-state index contributed by atoms with van der Waals surface area (Å²) in [6.07, 6.45) is 5.25. The molecule has 20 heavy (non-hydrogen) atoms. The van der Waals surface area contributed by atoms with Gasteiger partial charge in [0.15, 0.2) is 0 Å². The second-order valence-corrected chi connectivity index (χ2v) is 6.72. The Bertz CT molecular complexity index is 334. The number of carbonyl (C=O) groups is 1. The van der Waals surface area contributed by atoms with Gasteiger partial charge in [-0.2, -0.15) is 0 Å². The molecule has 0 aromatic heterocycles. The number of amides is 2. The highest BCUT2D eigenvalue weighted by Crippen LogP contribution is 2.35. The number of urea groups is 1. The van der Waals surface area contributed by atoms with Crippen LogP contribution >= 0.6 is 0 Å². The van der Waals surface area contributed by atoms with Crippen molar-refractivity contribution in [3.05, 3.63) is 0 Å². The smallest absolute Gasteiger partial charge is 0.317 e. The van der Waals surface area contributed by atoms with Crippen LogP contribution in [0.2, 0.25) is 0 Å². The molecule has 1 saturated heterocycles. The summed E-state index contributed by atoms with van der Waals surface area (Å²) in [6, 6.07) is 0.0837. The maximum absolute atomic E-state index is 11.5. The largest absolute Gasteiger partial charge is 0.336 e. The molecule has 2 N–H and O–H groups in total. The first-order valence-electron chi connectivity index (χ1n) is 7.94. The van der Waals surface area contributed by atoms with Crippen molar-refractivity contribution in [1.29, 1.82) is 0 Å². The van der Waals surface area contributed by atoms with Crippen molar-refractivity contribution in [3.8, 4) is 0 Å². The van der Waals surface area contributed by atoms with E-state index in [9.17, 15) is 4.79 Å². The quantitative estimate of drug-likeness (QED) is 0.718. The predicted molar refractivity (Wildman–Crippen MR) is 81.9 cm³/mol. The van der Waals surface area contributed by atoms with Gasteiger partial charge in [-0.25, -0.2) is 4.79 Å². The van der Waals surface area contributed by atoms with E-state index in [1.54, 1.807) is 0 Å². The minimum Gasteiger partial charge on any atom is -0.336 e. The molecule has 0 radical (unpaired) electrons. The van der Waals surface area contributed by atoms with Crippen LogP contribution in [-0.2, 0) is 0 Å². The van der Waals surface area contributed by atoms with Crippen LogP contribution in [0.4, 0.5) is 4.79 Å². The minimum atomic E-state index is 0.0837. The maximum Gasteiger partial charge on any atom is 0.317 e. The van der Waals surface area contributed by atoms with Gasteiger partial charge in [0.05, 0.1) is 0 Å². The third kappa shape index (κ3) is 3.64. The lowest BCUT2D eigenvalue weighted by molar-refractivity contribution is 0.0750. The van der Waals surface area contributed by atoms with Crippen LogP contribution in [0.5, 0.6) is 0 Å². The van der Waals surface area contributed by atoms with Gasteiger partial charge in [0, 0.05) is 38.3 Å². The Morgan fingerprint density at radius 3 is 2.90 bits per heavy atom. The predicted octanol–water partition coefficient (Wildman–Crippen LogP) is 1.11. The van der Waals surface area contributed by atoms with Gasteiger partial charge in [0.1, 0.15) is 0 Å². The molecule has 1 aliphatic heterocycles. The van der Waals surface area contributed by atoms with Gasteiger partial charge in [-0.15, -0.1) is 0 Å². The van der Waals surface area contributed by atoms with Gasteiger partial charge < -0.3 is 20.4 Å². The molecule has 2 fully saturated rings. The first-order chi connectivity index (χ1) is 9.53. The number of rotatable bonds is 6. The van der Waals surface area contributed by atoms with Gasteiger partial charge >= 0.3 is 6.03 Å². The molecule has 116 valence electrons. The monoisotopic (exact) mass is 282 g/mol.